The van der Waals surface area contributed by atoms with Crippen molar-refractivity contribution in [2.75, 3.05) is 20.8 Å². The fourth-order valence-corrected chi connectivity index (χ4v) is 6.19. The molecule has 1 aliphatic carbocycles. The van der Waals surface area contributed by atoms with Gasteiger partial charge < -0.3 is 14.8 Å². The fraction of sp³-hybridized carbons (Fsp3) is 0.545. The van der Waals surface area contributed by atoms with Crippen LogP contribution in [0.15, 0.2) is 19.3 Å². The minimum Gasteiger partial charge on any atom is -0.354 e. The van der Waals surface area contributed by atoms with Gasteiger partial charge in [0.2, 0.25) is 5.91 Å². The first kappa shape index (κ1) is 17.1. The van der Waals surface area contributed by atoms with Gasteiger partial charge >= 0.3 is 0 Å². The molecule has 1 atom stereocenters. The topological polar surface area (TPSA) is 47.6 Å². The van der Waals surface area contributed by atoms with Gasteiger partial charge in [0.15, 0.2) is 6.29 Å². The molecule has 1 N–H and O–H groups in total. The normalized spacial score (nSPS) is 23.7. The molecule has 0 saturated carbocycles. The molecule has 0 aromatic rings. The van der Waals surface area contributed by atoms with Gasteiger partial charge in [0.1, 0.15) is 3.42 Å². The van der Waals surface area contributed by atoms with Crippen LogP contribution < -0.4 is 5.32 Å². The Morgan fingerprint density at radius 1 is 1.50 bits per heavy atom. The van der Waals surface area contributed by atoms with Crippen LogP contribution in [0.25, 0.3) is 0 Å². The highest BCUT2D eigenvalue weighted by atomic mass is 127. The van der Waals surface area contributed by atoms with Crippen molar-refractivity contribution in [3.63, 3.8) is 0 Å². The van der Waals surface area contributed by atoms with E-state index in [0.717, 1.165) is 10.0 Å². The molecule has 0 aromatic heterocycles. The van der Waals surface area contributed by atoms with E-state index < -0.39 is 9.71 Å². The lowest BCUT2D eigenvalue weighted by Crippen LogP contribution is -2.45. The summed E-state index contributed by atoms with van der Waals surface area (Å²) in [5, 5.41) is 2.86. The molecule has 0 fully saturated rings. The number of methoxy groups -OCH3 is 2. The summed E-state index contributed by atoms with van der Waals surface area (Å²) in [6, 6.07) is 0. The molecule has 0 aromatic carbocycles. The first-order chi connectivity index (χ1) is 8.41. The molecule has 1 unspecified atom stereocenters. The largest absolute Gasteiger partial charge is 0.354 e. The number of hydrogen-bond acceptors (Lipinski definition) is 3. The summed E-state index contributed by atoms with van der Waals surface area (Å²) in [6.45, 7) is 0.349. The zero-order valence-corrected chi connectivity index (χ0v) is 16.5. The third-order valence-electron chi connectivity index (χ3n) is 2.42. The zero-order valence-electron chi connectivity index (χ0n) is 10.0. The minimum atomic E-state index is -0.522. The maximum atomic E-state index is 12.2. The fourth-order valence-electron chi connectivity index (χ4n) is 1.49. The van der Waals surface area contributed by atoms with Gasteiger partial charge in [0, 0.05) is 24.2 Å². The Balaban J connectivity index is 2.64. The molecule has 0 bridgehead atoms. The number of allylic oxidation sites excluding steroid dienone is 3. The summed E-state index contributed by atoms with van der Waals surface area (Å²) in [4.78, 5) is 12.2. The van der Waals surface area contributed by atoms with Crippen LogP contribution in [-0.4, -0.2) is 36.4 Å². The van der Waals surface area contributed by atoms with Crippen LogP contribution in [0.4, 0.5) is 0 Å². The Morgan fingerprint density at radius 3 is 2.61 bits per heavy atom. The lowest BCUT2D eigenvalue weighted by atomic mass is 10.00. The van der Waals surface area contributed by atoms with Gasteiger partial charge in [-0.2, -0.15) is 0 Å². The Bertz CT molecular complexity index is 380. The predicted octanol–water partition coefficient (Wildman–Crippen LogP) is 2.94. The third-order valence-corrected chi connectivity index (χ3v) is 4.92. The summed E-state index contributed by atoms with van der Waals surface area (Å²) in [5.74, 6) is -0.0152. The molecule has 4 nitrogen and oxygen atoms in total. The van der Waals surface area contributed by atoms with Crippen LogP contribution in [0, 0.1) is 0 Å². The molecule has 0 heterocycles. The first-order valence-corrected chi connectivity index (χ1v) is 8.42. The van der Waals surface area contributed by atoms with Crippen molar-refractivity contribution in [3.8, 4) is 0 Å². The Labute approximate surface area is 148 Å². The van der Waals surface area contributed by atoms with Crippen LogP contribution in [0.2, 0.25) is 0 Å². The van der Waals surface area contributed by atoms with Gasteiger partial charge in [-0.1, -0.05) is 22.6 Å². The number of nitrogens with one attached hydrogen (secondary N) is 1. The summed E-state index contributed by atoms with van der Waals surface area (Å²) in [6.07, 6.45) is 4.38. The van der Waals surface area contributed by atoms with E-state index in [0.29, 0.717) is 6.54 Å². The second-order valence-electron chi connectivity index (χ2n) is 3.77. The van der Waals surface area contributed by atoms with Crippen molar-refractivity contribution in [3.05, 3.63) is 19.3 Å². The van der Waals surface area contributed by atoms with Crippen LogP contribution >= 0.6 is 67.8 Å². The van der Waals surface area contributed by atoms with Crippen LogP contribution in [-0.2, 0) is 14.3 Å². The monoisotopic (exact) mass is 589 g/mol. The van der Waals surface area contributed by atoms with Crippen molar-refractivity contribution in [2.24, 2.45) is 0 Å². The standard InChI is InChI=1S/C11H14I3NO3/c1-17-9(18-2)6-15-10(16)11(14)4-7(12)3-8(13)5-11/h3-4,9H,5-6H2,1-2H3,(H,15,16). The number of halogens is 3. The van der Waals surface area contributed by atoms with E-state index in [9.17, 15) is 4.79 Å². The van der Waals surface area contributed by atoms with Crippen molar-refractivity contribution in [1.29, 1.82) is 0 Å². The molecular weight excluding hydrogens is 575 g/mol. The number of rotatable bonds is 5. The number of amides is 1. The Kier molecular flexibility index (Phi) is 7.36. The van der Waals surface area contributed by atoms with Crippen molar-refractivity contribution < 1.29 is 14.3 Å². The Hall–Kier alpha value is 1.06. The van der Waals surface area contributed by atoms with E-state index in [4.69, 9.17) is 9.47 Å². The zero-order chi connectivity index (χ0) is 13.8. The smallest absolute Gasteiger partial charge is 0.240 e. The third kappa shape index (κ3) is 4.87. The van der Waals surface area contributed by atoms with Gasteiger partial charge in [0.25, 0.3) is 0 Å². The molecule has 18 heavy (non-hydrogen) atoms. The highest BCUT2D eigenvalue weighted by molar-refractivity contribution is 14.1. The van der Waals surface area contributed by atoms with E-state index in [2.05, 4.69) is 79.2 Å². The van der Waals surface area contributed by atoms with Crippen LogP contribution in [0.3, 0.4) is 0 Å². The molecule has 1 aliphatic rings. The maximum Gasteiger partial charge on any atom is 0.240 e. The Morgan fingerprint density at radius 2 is 2.11 bits per heavy atom. The second kappa shape index (κ2) is 7.74. The lowest BCUT2D eigenvalue weighted by molar-refractivity contribution is -0.128. The highest BCUT2D eigenvalue weighted by Gasteiger charge is 2.36. The number of ether oxygens (including phenoxy) is 2. The van der Waals surface area contributed by atoms with Gasteiger partial charge in [-0.3, -0.25) is 4.79 Å². The van der Waals surface area contributed by atoms with E-state index in [1.807, 2.05) is 6.08 Å². The summed E-state index contributed by atoms with van der Waals surface area (Å²) in [5.41, 5.74) is 0. The summed E-state index contributed by atoms with van der Waals surface area (Å²) < 4.78 is 11.8. The molecule has 0 spiro atoms. The molecule has 1 rings (SSSR count). The maximum absolute atomic E-state index is 12.2. The minimum absolute atomic E-state index is 0.0152. The molecule has 0 aliphatic heterocycles. The highest BCUT2D eigenvalue weighted by Crippen LogP contribution is 2.39. The average Bonchev–Trinajstić information content (AvgIpc) is 2.28. The van der Waals surface area contributed by atoms with Gasteiger partial charge in [0.05, 0.1) is 6.54 Å². The van der Waals surface area contributed by atoms with E-state index >= 15 is 0 Å². The van der Waals surface area contributed by atoms with E-state index in [-0.39, 0.29) is 5.91 Å². The second-order valence-corrected chi connectivity index (χ2v) is 8.33. The number of hydrogen-bond donors (Lipinski definition) is 1. The quantitative estimate of drug-likeness (QED) is 0.305. The van der Waals surface area contributed by atoms with E-state index in [1.165, 1.54) is 3.58 Å². The van der Waals surface area contributed by atoms with Gasteiger partial charge in [-0.05, 0) is 60.9 Å². The SMILES string of the molecule is COC(CNC(=O)C1(I)C=C(I)C=C(I)C1)OC. The lowest BCUT2D eigenvalue weighted by Gasteiger charge is -2.27. The average molecular weight is 589 g/mol. The number of alkyl halides is 1. The van der Waals surface area contributed by atoms with Crippen LogP contribution in [0.1, 0.15) is 6.42 Å². The molecule has 102 valence electrons. The molecule has 0 saturated heterocycles. The molecule has 0 radical (unpaired) electrons. The van der Waals surface area contributed by atoms with Gasteiger partial charge in [-0.15, -0.1) is 0 Å². The van der Waals surface area contributed by atoms with E-state index in [1.54, 1.807) is 14.2 Å². The predicted molar refractivity (Wildman–Crippen MR) is 96.4 cm³/mol. The van der Waals surface area contributed by atoms with Crippen molar-refractivity contribution in [1.82, 2.24) is 5.32 Å². The van der Waals surface area contributed by atoms with Crippen LogP contribution in [0.5, 0.6) is 0 Å². The summed E-state index contributed by atoms with van der Waals surface area (Å²) in [7, 11) is 3.10. The number of carbonyl (C=O) groups is 1. The summed E-state index contributed by atoms with van der Waals surface area (Å²) >= 11 is 6.70. The molecular formula is C11H14I3NO3. The van der Waals surface area contributed by atoms with Gasteiger partial charge in [-0.25, -0.2) is 0 Å². The van der Waals surface area contributed by atoms with Crippen molar-refractivity contribution in [2.45, 2.75) is 16.1 Å². The first-order valence-electron chi connectivity index (χ1n) is 5.18. The molecule has 7 heteroatoms. The molecule has 1 amide bonds. The number of carbonyl (C=O) groups excluding carboxylic acids is 1. The van der Waals surface area contributed by atoms with Crippen molar-refractivity contribution >= 4 is 73.7 Å².